The lowest BCUT2D eigenvalue weighted by molar-refractivity contribution is 0.408. The first-order valence-electron chi connectivity index (χ1n) is 12.2. The van der Waals surface area contributed by atoms with Crippen molar-refractivity contribution < 1.29 is 18.9 Å². The van der Waals surface area contributed by atoms with Gasteiger partial charge >= 0.3 is 0 Å². The maximum atomic E-state index is 5.76. The summed E-state index contributed by atoms with van der Waals surface area (Å²) in [7, 11) is 6.86. The largest absolute Gasteiger partial charge is 0.497 e. The van der Waals surface area contributed by atoms with Gasteiger partial charge in [-0.25, -0.2) is 0 Å². The zero-order valence-electron chi connectivity index (χ0n) is 21.5. The second-order valence-corrected chi connectivity index (χ2v) is 8.76. The molecule has 0 saturated heterocycles. The molecule has 0 radical (unpaired) electrons. The molecule has 36 heavy (non-hydrogen) atoms. The molecular formula is C32H34O4. The third kappa shape index (κ3) is 6.19. The van der Waals surface area contributed by atoms with Crippen molar-refractivity contribution in [3.05, 3.63) is 107 Å². The molecule has 0 aromatic heterocycles. The Morgan fingerprint density at radius 1 is 0.444 bits per heavy atom. The Labute approximate surface area is 214 Å². The predicted molar refractivity (Wildman–Crippen MR) is 146 cm³/mol. The molecule has 0 N–H and O–H groups in total. The number of ether oxygens (including phenoxy) is 4. The zero-order chi connectivity index (χ0) is 25.3. The second kappa shape index (κ2) is 12.2. The third-order valence-corrected chi connectivity index (χ3v) is 6.54. The number of rotatable bonds is 11. The van der Waals surface area contributed by atoms with Crippen LogP contribution in [0.4, 0.5) is 0 Å². The first-order valence-corrected chi connectivity index (χ1v) is 12.2. The molecule has 0 aliphatic rings. The highest BCUT2D eigenvalue weighted by molar-refractivity contribution is 5.68. The molecule has 4 nitrogen and oxygen atoms in total. The van der Waals surface area contributed by atoms with Crippen LogP contribution in [0.3, 0.4) is 0 Å². The lowest BCUT2D eigenvalue weighted by atomic mass is 9.97. The van der Waals surface area contributed by atoms with E-state index in [1.165, 1.54) is 22.3 Å². The standard InChI is InChI=1S/C32H34O4/c1-33-29-9-5-7-23(19-29)11-13-25-15-17-27(21-31(25)35-3)28-18-16-26(32(22-28)36-4)14-12-24-8-6-10-30(20-24)34-2/h5-10,15-22H,11-14H2,1-4H3. The van der Waals surface area contributed by atoms with Gasteiger partial charge in [-0.3, -0.25) is 0 Å². The van der Waals surface area contributed by atoms with Crippen LogP contribution in [0.5, 0.6) is 23.0 Å². The fourth-order valence-electron chi connectivity index (χ4n) is 4.48. The van der Waals surface area contributed by atoms with Crippen molar-refractivity contribution in [3.63, 3.8) is 0 Å². The predicted octanol–water partition coefficient (Wildman–Crippen LogP) is 6.96. The molecule has 4 heteroatoms. The molecule has 0 atom stereocenters. The molecule has 0 saturated carbocycles. The number of hydrogen-bond acceptors (Lipinski definition) is 4. The lowest BCUT2D eigenvalue weighted by Crippen LogP contribution is -1.98. The van der Waals surface area contributed by atoms with E-state index in [4.69, 9.17) is 18.9 Å². The third-order valence-electron chi connectivity index (χ3n) is 6.54. The highest BCUT2D eigenvalue weighted by Crippen LogP contribution is 2.32. The Bertz CT molecular complexity index is 1190. The molecule has 0 aliphatic heterocycles. The van der Waals surface area contributed by atoms with Crippen LogP contribution in [-0.4, -0.2) is 28.4 Å². The molecule has 4 aromatic rings. The van der Waals surface area contributed by atoms with Crippen molar-refractivity contribution in [3.8, 4) is 34.1 Å². The van der Waals surface area contributed by atoms with Gasteiger partial charge in [0.2, 0.25) is 0 Å². The molecule has 0 fully saturated rings. The van der Waals surface area contributed by atoms with Crippen molar-refractivity contribution in [1.29, 1.82) is 0 Å². The van der Waals surface area contributed by atoms with Gasteiger partial charge in [-0.05, 0) is 95.5 Å². The van der Waals surface area contributed by atoms with E-state index in [9.17, 15) is 0 Å². The second-order valence-electron chi connectivity index (χ2n) is 8.76. The molecule has 0 spiro atoms. The van der Waals surface area contributed by atoms with Crippen molar-refractivity contribution in [2.24, 2.45) is 0 Å². The SMILES string of the molecule is COc1cccc(CCc2ccc(-c3ccc(CCc4cccc(OC)c4)c(OC)c3)cc2OC)c1. The summed E-state index contributed by atoms with van der Waals surface area (Å²) in [6.07, 6.45) is 3.62. The van der Waals surface area contributed by atoms with Gasteiger partial charge < -0.3 is 18.9 Å². The fraction of sp³-hybridized carbons (Fsp3) is 0.250. The van der Waals surface area contributed by atoms with Crippen LogP contribution >= 0.6 is 0 Å². The normalized spacial score (nSPS) is 10.7. The van der Waals surface area contributed by atoms with Crippen LogP contribution in [0, 0.1) is 0 Å². The number of benzene rings is 4. The van der Waals surface area contributed by atoms with Crippen LogP contribution in [0.25, 0.3) is 11.1 Å². The Balaban J connectivity index is 1.48. The van der Waals surface area contributed by atoms with Gasteiger partial charge in [0.25, 0.3) is 0 Å². The molecule has 186 valence electrons. The fourth-order valence-corrected chi connectivity index (χ4v) is 4.48. The summed E-state index contributed by atoms with van der Waals surface area (Å²) in [5, 5.41) is 0. The van der Waals surface area contributed by atoms with Crippen molar-refractivity contribution in [1.82, 2.24) is 0 Å². The smallest absolute Gasteiger partial charge is 0.122 e. The van der Waals surface area contributed by atoms with Crippen LogP contribution in [-0.2, 0) is 25.7 Å². The molecule has 0 heterocycles. The summed E-state index contributed by atoms with van der Waals surface area (Å²) in [5.74, 6) is 3.57. The van der Waals surface area contributed by atoms with Gasteiger partial charge in [0, 0.05) is 0 Å². The Kier molecular flexibility index (Phi) is 8.51. The zero-order valence-corrected chi connectivity index (χ0v) is 21.5. The number of methoxy groups -OCH3 is 4. The van der Waals surface area contributed by atoms with Gasteiger partial charge in [0.15, 0.2) is 0 Å². The summed E-state index contributed by atoms with van der Waals surface area (Å²) in [6, 6.07) is 29.3. The molecule has 0 amide bonds. The highest BCUT2D eigenvalue weighted by atomic mass is 16.5. The lowest BCUT2D eigenvalue weighted by Gasteiger charge is -2.14. The van der Waals surface area contributed by atoms with E-state index in [1.807, 2.05) is 24.3 Å². The van der Waals surface area contributed by atoms with E-state index in [0.29, 0.717) is 0 Å². The Morgan fingerprint density at radius 2 is 0.889 bits per heavy atom. The van der Waals surface area contributed by atoms with Gasteiger partial charge in [0.1, 0.15) is 23.0 Å². The average Bonchev–Trinajstić information content (AvgIpc) is 2.95. The van der Waals surface area contributed by atoms with Gasteiger partial charge in [-0.1, -0.05) is 48.5 Å². The molecular weight excluding hydrogens is 448 g/mol. The number of aryl methyl sites for hydroxylation is 4. The van der Waals surface area contributed by atoms with Crippen molar-refractivity contribution >= 4 is 0 Å². The molecule has 0 unspecified atom stereocenters. The van der Waals surface area contributed by atoms with Gasteiger partial charge in [0.05, 0.1) is 28.4 Å². The van der Waals surface area contributed by atoms with Crippen LogP contribution in [0.2, 0.25) is 0 Å². The van der Waals surface area contributed by atoms with Gasteiger partial charge in [-0.2, -0.15) is 0 Å². The first-order chi connectivity index (χ1) is 17.6. The summed E-state index contributed by atoms with van der Waals surface area (Å²) >= 11 is 0. The van der Waals surface area contributed by atoms with Crippen molar-refractivity contribution in [2.75, 3.05) is 28.4 Å². The minimum absolute atomic E-state index is 0.885. The summed E-state index contributed by atoms with van der Waals surface area (Å²) in [6.45, 7) is 0. The van der Waals surface area contributed by atoms with E-state index in [2.05, 4.69) is 60.7 Å². The molecule has 4 aromatic carbocycles. The van der Waals surface area contributed by atoms with Crippen LogP contribution < -0.4 is 18.9 Å². The minimum atomic E-state index is 0.885. The highest BCUT2D eigenvalue weighted by Gasteiger charge is 2.11. The Hall–Kier alpha value is -3.92. The monoisotopic (exact) mass is 482 g/mol. The summed E-state index contributed by atoms with van der Waals surface area (Å²) in [5.41, 5.74) is 7.07. The van der Waals surface area contributed by atoms with E-state index >= 15 is 0 Å². The maximum absolute atomic E-state index is 5.76. The van der Waals surface area contributed by atoms with Crippen molar-refractivity contribution in [2.45, 2.75) is 25.7 Å². The molecule has 0 aliphatic carbocycles. The molecule has 0 bridgehead atoms. The quantitative estimate of drug-likeness (QED) is 0.232. The summed E-state index contributed by atoms with van der Waals surface area (Å²) < 4.78 is 22.2. The molecule has 4 rings (SSSR count). The first kappa shape index (κ1) is 25.2. The van der Waals surface area contributed by atoms with Gasteiger partial charge in [-0.15, -0.1) is 0 Å². The topological polar surface area (TPSA) is 36.9 Å². The van der Waals surface area contributed by atoms with E-state index in [-0.39, 0.29) is 0 Å². The Morgan fingerprint density at radius 3 is 1.28 bits per heavy atom. The van der Waals surface area contributed by atoms with E-state index in [1.54, 1.807) is 28.4 Å². The average molecular weight is 483 g/mol. The van der Waals surface area contributed by atoms with Crippen LogP contribution in [0.15, 0.2) is 84.9 Å². The number of hydrogen-bond donors (Lipinski definition) is 0. The minimum Gasteiger partial charge on any atom is -0.497 e. The van der Waals surface area contributed by atoms with Crippen LogP contribution in [0.1, 0.15) is 22.3 Å². The maximum Gasteiger partial charge on any atom is 0.122 e. The van der Waals surface area contributed by atoms with E-state index in [0.717, 1.165) is 59.8 Å². The summed E-state index contributed by atoms with van der Waals surface area (Å²) in [4.78, 5) is 0. The van der Waals surface area contributed by atoms with E-state index < -0.39 is 0 Å².